The van der Waals surface area contributed by atoms with Crippen molar-refractivity contribution in [1.29, 1.82) is 0 Å². The molecule has 0 saturated heterocycles. The summed E-state index contributed by atoms with van der Waals surface area (Å²) in [5, 5.41) is 2.77. The van der Waals surface area contributed by atoms with Gasteiger partial charge in [0.2, 0.25) is 0 Å². The van der Waals surface area contributed by atoms with Crippen LogP contribution in [0.15, 0.2) is 0 Å². The van der Waals surface area contributed by atoms with Crippen LogP contribution >= 0.6 is 8.25 Å². The first-order valence-corrected chi connectivity index (χ1v) is 4.04. The summed E-state index contributed by atoms with van der Waals surface area (Å²) in [7, 11) is -2.98. The second kappa shape index (κ2) is 10.7. The van der Waals surface area contributed by atoms with Crippen molar-refractivity contribution in [2.24, 2.45) is 0 Å². The van der Waals surface area contributed by atoms with E-state index in [1.807, 2.05) is 6.92 Å². The largest absolute Gasteiger partial charge is 1.00 e. The second-order valence-corrected chi connectivity index (χ2v) is 2.33. The Balaban J connectivity index is 0. The maximum Gasteiger partial charge on any atom is 1.00 e. The van der Waals surface area contributed by atoms with Crippen molar-refractivity contribution in [3.05, 3.63) is 0 Å². The summed E-state index contributed by atoms with van der Waals surface area (Å²) in [6.07, 6.45) is 0.975. The second-order valence-electron chi connectivity index (χ2n) is 1.54. The molecule has 0 saturated carbocycles. The van der Waals surface area contributed by atoms with Crippen molar-refractivity contribution in [3.8, 4) is 0 Å². The van der Waals surface area contributed by atoms with E-state index in [0.29, 0.717) is 0 Å². The van der Waals surface area contributed by atoms with Gasteiger partial charge < -0.3 is 14.0 Å². The van der Waals surface area contributed by atoms with E-state index >= 15 is 0 Å². The summed E-state index contributed by atoms with van der Waals surface area (Å²) < 4.78 is 14.0. The van der Waals surface area contributed by atoms with Crippen molar-refractivity contribution < 1.29 is 65.4 Å². The molecule has 0 fully saturated rings. The van der Waals surface area contributed by atoms with E-state index in [2.05, 4.69) is 9.84 Å². The van der Waals surface area contributed by atoms with Crippen LogP contribution in [0.3, 0.4) is 0 Å². The zero-order valence-corrected chi connectivity index (χ0v) is 10.5. The van der Waals surface area contributed by atoms with Crippen LogP contribution < -0.4 is 61.6 Å². The molecule has 0 radical (unpaired) electrons. The SMILES string of the molecule is CCCNCO[PH](=O)[O-].[K+]. The fourth-order valence-electron chi connectivity index (χ4n) is 0.359. The molecular formula is C4H11KNO3P. The molecule has 56 valence electrons. The standard InChI is InChI=1S/C4H12NO3P.K/c1-2-3-5-4-8-9(6)7;/h5,9H,2-4H2,1H3,(H,6,7);/q;+1/p-1. The maximum atomic E-state index is 9.77. The Hall–Kier alpha value is 1.75. The van der Waals surface area contributed by atoms with Crippen molar-refractivity contribution in [2.75, 3.05) is 13.3 Å². The molecule has 0 aromatic carbocycles. The molecule has 0 amide bonds. The third-order valence-electron chi connectivity index (χ3n) is 0.719. The summed E-state index contributed by atoms with van der Waals surface area (Å²) in [5.74, 6) is 0. The Morgan fingerprint density at radius 1 is 1.70 bits per heavy atom. The van der Waals surface area contributed by atoms with Gasteiger partial charge in [-0.3, -0.25) is 5.32 Å². The molecule has 10 heavy (non-hydrogen) atoms. The zero-order valence-electron chi connectivity index (χ0n) is 6.35. The molecule has 0 heterocycles. The Kier molecular flexibility index (Phi) is 15.3. The fourth-order valence-corrected chi connectivity index (χ4v) is 0.579. The van der Waals surface area contributed by atoms with Crippen LogP contribution in [0.2, 0.25) is 0 Å². The number of nitrogens with one attached hydrogen (secondary N) is 1. The minimum absolute atomic E-state index is 0. The molecule has 4 nitrogen and oxygen atoms in total. The molecule has 0 aliphatic rings. The average Bonchev–Trinajstić information content (AvgIpc) is 1.80. The molecule has 1 unspecified atom stereocenters. The van der Waals surface area contributed by atoms with Crippen molar-refractivity contribution >= 4 is 8.25 Å². The van der Waals surface area contributed by atoms with Crippen LogP contribution in [0.4, 0.5) is 0 Å². The van der Waals surface area contributed by atoms with Gasteiger partial charge in [0.15, 0.2) is 0 Å². The molecule has 1 N–H and O–H groups in total. The zero-order chi connectivity index (χ0) is 7.11. The van der Waals surface area contributed by atoms with Gasteiger partial charge in [-0.1, -0.05) is 6.92 Å². The van der Waals surface area contributed by atoms with Gasteiger partial charge in [0.25, 0.3) is 0 Å². The predicted octanol–water partition coefficient (Wildman–Crippen LogP) is -3.29. The molecule has 0 spiro atoms. The third kappa shape index (κ3) is 12.4. The van der Waals surface area contributed by atoms with Gasteiger partial charge in [0, 0.05) is 0 Å². The molecule has 6 heteroatoms. The number of hydrogen-bond acceptors (Lipinski definition) is 4. The summed E-state index contributed by atoms with van der Waals surface area (Å²) in [5.41, 5.74) is 0. The smallest absolute Gasteiger partial charge is 0.781 e. The van der Waals surface area contributed by atoms with E-state index in [1.54, 1.807) is 0 Å². The van der Waals surface area contributed by atoms with Crippen molar-refractivity contribution in [3.63, 3.8) is 0 Å². The van der Waals surface area contributed by atoms with E-state index in [9.17, 15) is 9.46 Å². The Morgan fingerprint density at radius 3 is 2.70 bits per heavy atom. The molecule has 0 aromatic heterocycles. The minimum atomic E-state index is -2.98. The first-order chi connectivity index (χ1) is 4.27. The van der Waals surface area contributed by atoms with Gasteiger partial charge in [-0.15, -0.1) is 0 Å². The van der Waals surface area contributed by atoms with Crippen LogP contribution in [-0.4, -0.2) is 13.3 Å². The summed E-state index contributed by atoms with van der Waals surface area (Å²) in [6, 6.07) is 0. The van der Waals surface area contributed by atoms with Crippen LogP contribution in [0, 0.1) is 0 Å². The summed E-state index contributed by atoms with van der Waals surface area (Å²) in [6.45, 7) is 2.89. The number of hydrogen-bond donors (Lipinski definition) is 1. The van der Waals surface area contributed by atoms with Gasteiger partial charge in [-0.25, -0.2) is 0 Å². The molecule has 0 rings (SSSR count). The van der Waals surface area contributed by atoms with Crippen LogP contribution in [0.25, 0.3) is 0 Å². The first-order valence-electron chi connectivity index (χ1n) is 2.82. The van der Waals surface area contributed by atoms with E-state index in [4.69, 9.17) is 0 Å². The van der Waals surface area contributed by atoms with E-state index in [0.717, 1.165) is 13.0 Å². The Labute approximate surface area is 104 Å². The van der Waals surface area contributed by atoms with Gasteiger partial charge in [-0.05, 0) is 13.0 Å². The van der Waals surface area contributed by atoms with E-state index < -0.39 is 8.25 Å². The monoisotopic (exact) mass is 191 g/mol. The molecule has 0 aliphatic heterocycles. The normalized spacial score (nSPS) is 12.2. The van der Waals surface area contributed by atoms with E-state index in [-0.39, 0.29) is 58.1 Å². The Morgan fingerprint density at radius 2 is 2.30 bits per heavy atom. The summed E-state index contributed by atoms with van der Waals surface area (Å²) >= 11 is 0. The quantitative estimate of drug-likeness (QED) is 0.214. The number of rotatable bonds is 5. The molecule has 0 bridgehead atoms. The van der Waals surface area contributed by atoms with Crippen molar-refractivity contribution in [1.82, 2.24) is 5.32 Å². The molecular weight excluding hydrogens is 180 g/mol. The molecule has 1 atom stereocenters. The van der Waals surface area contributed by atoms with Crippen LogP contribution in [-0.2, 0) is 9.09 Å². The Bertz CT molecular complexity index is 92.6. The van der Waals surface area contributed by atoms with E-state index in [1.165, 1.54) is 0 Å². The predicted molar refractivity (Wildman–Crippen MR) is 33.2 cm³/mol. The van der Waals surface area contributed by atoms with Gasteiger partial charge in [0.1, 0.15) is 15.0 Å². The van der Waals surface area contributed by atoms with Crippen LogP contribution in [0.1, 0.15) is 13.3 Å². The average molecular weight is 191 g/mol. The third-order valence-corrected chi connectivity index (χ3v) is 1.10. The minimum Gasteiger partial charge on any atom is -0.781 e. The topological polar surface area (TPSA) is 61.4 Å². The van der Waals surface area contributed by atoms with Crippen LogP contribution in [0.5, 0.6) is 0 Å². The molecule has 0 aliphatic carbocycles. The van der Waals surface area contributed by atoms with Gasteiger partial charge in [0.05, 0.1) is 0 Å². The summed E-state index contributed by atoms with van der Waals surface area (Å²) in [4.78, 5) is 9.77. The van der Waals surface area contributed by atoms with Crippen molar-refractivity contribution in [2.45, 2.75) is 13.3 Å². The van der Waals surface area contributed by atoms with Gasteiger partial charge in [-0.2, -0.15) is 0 Å². The maximum absolute atomic E-state index is 9.77. The molecule has 0 aromatic rings. The fraction of sp³-hybridized carbons (Fsp3) is 1.00. The van der Waals surface area contributed by atoms with Gasteiger partial charge >= 0.3 is 51.4 Å². The first kappa shape index (κ1) is 14.3.